The van der Waals surface area contributed by atoms with Gasteiger partial charge in [0.2, 0.25) is 0 Å². The van der Waals surface area contributed by atoms with Crippen molar-refractivity contribution in [1.29, 1.82) is 0 Å². The molecule has 96 valence electrons. The Bertz CT molecular complexity index is 544. The van der Waals surface area contributed by atoms with Crippen molar-refractivity contribution in [3.8, 4) is 0 Å². The molecule has 1 aromatic heterocycles. The number of carboxylic acid groups (broad SMARTS) is 1. The van der Waals surface area contributed by atoms with Crippen LogP contribution in [0.4, 0.5) is 4.79 Å². The number of urea groups is 1. The molecule has 0 saturated heterocycles. The van der Waals surface area contributed by atoms with E-state index in [1.165, 1.54) is 0 Å². The first-order chi connectivity index (χ1) is 8.50. The Kier molecular flexibility index (Phi) is 4.74. The Morgan fingerprint density at radius 1 is 1.22 bits per heavy atom. The summed E-state index contributed by atoms with van der Waals surface area (Å²) in [6.45, 7) is 0. The molecule has 0 bridgehead atoms. The molecule has 2 amide bonds. The monoisotopic (exact) mass is 249 g/mol. The number of H-pyrrole nitrogens is 1. The molecule has 6 N–H and O–H groups in total. The number of fused-ring (bicyclic) bond motifs is 1. The number of rotatable bonds is 3. The SMILES string of the molecule is NC(N)=O.O=C(O)CCc1c[nH]c2ccccc12. The molecule has 0 unspecified atom stereocenters. The zero-order valence-electron chi connectivity index (χ0n) is 9.72. The summed E-state index contributed by atoms with van der Waals surface area (Å²) in [7, 11) is 0. The number of nitrogens with two attached hydrogens (primary N) is 2. The van der Waals surface area contributed by atoms with Crippen molar-refractivity contribution in [2.45, 2.75) is 12.8 Å². The number of hydrogen-bond donors (Lipinski definition) is 4. The van der Waals surface area contributed by atoms with E-state index in [1.54, 1.807) is 0 Å². The molecular formula is C12H15N3O3. The van der Waals surface area contributed by atoms with Crippen LogP contribution in [0.2, 0.25) is 0 Å². The molecule has 6 nitrogen and oxygen atoms in total. The topological polar surface area (TPSA) is 122 Å². The van der Waals surface area contributed by atoms with Crippen molar-refractivity contribution < 1.29 is 14.7 Å². The van der Waals surface area contributed by atoms with E-state index in [4.69, 9.17) is 9.90 Å². The summed E-state index contributed by atoms with van der Waals surface area (Å²) in [4.78, 5) is 22.5. The molecule has 0 fully saturated rings. The first-order valence-electron chi connectivity index (χ1n) is 5.32. The van der Waals surface area contributed by atoms with E-state index < -0.39 is 12.0 Å². The predicted molar refractivity (Wildman–Crippen MR) is 68.0 cm³/mol. The van der Waals surface area contributed by atoms with Crippen LogP contribution in [0, 0.1) is 0 Å². The van der Waals surface area contributed by atoms with Gasteiger partial charge in [0.15, 0.2) is 0 Å². The molecule has 18 heavy (non-hydrogen) atoms. The summed E-state index contributed by atoms with van der Waals surface area (Å²) in [6, 6.07) is 7.07. The molecule has 0 radical (unpaired) electrons. The Morgan fingerprint density at radius 2 is 1.83 bits per heavy atom. The van der Waals surface area contributed by atoms with E-state index >= 15 is 0 Å². The maximum absolute atomic E-state index is 10.4. The third kappa shape index (κ3) is 4.17. The Balaban J connectivity index is 0.000000357. The number of aromatic amines is 1. The highest BCUT2D eigenvalue weighted by molar-refractivity contribution is 5.83. The van der Waals surface area contributed by atoms with E-state index in [1.807, 2.05) is 30.5 Å². The number of aryl methyl sites for hydroxylation is 1. The van der Waals surface area contributed by atoms with E-state index in [0.29, 0.717) is 6.42 Å². The largest absolute Gasteiger partial charge is 0.481 e. The van der Waals surface area contributed by atoms with Gasteiger partial charge in [0, 0.05) is 23.5 Å². The Labute approximate surface area is 104 Å². The fraction of sp³-hybridized carbons (Fsp3) is 0.167. The number of aromatic nitrogens is 1. The number of primary amides is 2. The third-order valence-electron chi connectivity index (χ3n) is 2.28. The van der Waals surface area contributed by atoms with Crippen LogP contribution in [0.25, 0.3) is 10.9 Å². The second-order valence-electron chi connectivity index (χ2n) is 3.66. The normalized spacial score (nSPS) is 9.56. The molecule has 6 heteroatoms. The number of para-hydroxylation sites is 1. The van der Waals surface area contributed by atoms with Gasteiger partial charge in [-0.2, -0.15) is 0 Å². The number of carboxylic acids is 1. The van der Waals surface area contributed by atoms with Gasteiger partial charge < -0.3 is 21.6 Å². The number of nitrogens with one attached hydrogen (secondary N) is 1. The van der Waals surface area contributed by atoms with E-state index in [9.17, 15) is 4.79 Å². The van der Waals surface area contributed by atoms with E-state index in [0.717, 1.165) is 16.5 Å². The van der Waals surface area contributed by atoms with Gasteiger partial charge in [-0.1, -0.05) is 18.2 Å². The standard InChI is InChI=1S/C11H11NO2.CH4N2O/c13-11(14)6-5-8-7-12-10-4-2-1-3-9(8)10;2-1(3)4/h1-4,7,12H,5-6H2,(H,13,14);(H4,2,3,4). The number of carbonyl (C=O) groups excluding carboxylic acids is 1. The average molecular weight is 249 g/mol. The van der Waals surface area contributed by atoms with E-state index in [-0.39, 0.29) is 6.42 Å². The van der Waals surface area contributed by atoms with Crippen molar-refractivity contribution in [3.05, 3.63) is 36.0 Å². The van der Waals surface area contributed by atoms with Crippen molar-refractivity contribution >= 4 is 22.9 Å². The van der Waals surface area contributed by atoms with Crippen molar-refractivity contribution in [1.82, 2.24) is 4.98 Å². The first kappa shape index (κ1) is 13.6. The lowest BCUT2D eigenvalue weighted by molar-refractivity contribution is -0.136. The summed E-state index contributed by atoms with van der Waals surface area (Å²) in [5.74, 6) is -0.754. The molecule has 1 heterocycles. The smallest absolute Gasteiger partial charge is 0.309 e. The second-order valence-corrected chi connectivity index (χ2v) is 3.66. The summed E-state index contributed by atoms with van der Waals surface area (Å²) < 4.78 is 0. The number of amides is 2. The number of aliphatic carboxylic acids is 1. The molecule has 0 spiro atoms. The number of hydrogen-bond acceptors (Lipinski definition) is 2. The maximum Gasteiger partial charge on any atom is 0.309 e. The second kappa shape index (κ2) is 6.29. The van der Waals surface area contributed by atoms with Gasteiger partial charge in [0.1, 0.15) is 0 Å². The van der Waals surface area contributed by atoms with Crippen LogP contribution < -0.4 is 11.5 Å². The minimum Gasteiger partial charge on any atom is -0.481 e. The van der Waals surface area contributed by atoms with Crippen LogP contribution >= 0.6 is 0 Å². The molecule has 0 saturated carbocycles. The molecule has 0 aliphatic carbocycles. The molecule has 2 aromatic rings. The van der Waals surface area contributed by atoms with Gasteiger partial charge in [-0.3, -0.25) is 4.79 Å². The molecule has 2 rings (SSSR count). The zero-order valence-corrected chi connectivity index (χ0v) is 9.72. The Morgan fingerprint density at radius 3 is 2.44 bits per heavy atom. The van der Waals surface area contributed by atoms with Gasteiger partial charge in [-0.05, 0) is 18.1 Å². The van der Waals surface area contributed by atoms with Crippen LogP contribution in [0.1, 0.15) is 12.0 Å². The minimum atomic E-state index is -0.833. The summed E-state index contributed by atoms with van der Waals surface area (Å²) >= 11 is 0. The summed E-state index contributed by atoms with van der Waals surface area (Å²) in [6.07, 6.45) is 2.65. The third-order valence-corrected chi connectivity index (χ3v) is 2.28. The molecule has 0 aliphatic heterocycles. The number of carbonyl (C=O) groups is 2. The highest BCUT2D eigenvalue weighted by Crippen LogP contribution is 2.18. The lowest BCUT2D eigenvalue weighted by atomic mass is 10.1. The van der Waals surface area contributed by atoms with Crippen LogP contribution in [0.5, 0.6) is 0 Å². The number of benzene rings is 1. The average Bonchev–Trinajstić information content (AvgIpc) is 2.69. The van der Waals surface area contributed by atoms with Gasteiger partial charge >= 0.3 is 12.0 Å². The van der Waals surface area contributed by atoms with Crippen LogP contribution in [-0.4, -0.2) is 22.1 Å². The maximum atomic E-state index is 10.4. The minimum absolute atomic E-state index is 0.182. The first-order valence-corrected chi connectivity index (χ1v) is 5.32. The summed E-state index contributed by atoms with van der Waals surface area (Å²) in [5, 5.41) is 9.69. The Hall–Kier alpha value is -2.50. The lowest BCUT2D eigenvalue weighted by Crippen LogP contribution is -2.18. The van der Waals surface area contributed by atoms with Crippen molar-refractivity contribution in [3.63, 3.8) is 0 Å². The van der Waals surface area contributed by atoms with Crippen LogP contribution in [0.15, 0.2) is 30.5 Å². The quantitative estimate of drug-likeness (QED) is 0.653. The van der Waals surface area contributed by atoms with Gasteiger partial charge in [0.25, 0.3) is 0 Å². The molecule has 0 aliphatic rings. The van der Waals surface area contributed by atoms with Crippen LogP contribution in [-0.2, 0) is 11.2 Å². The van der Waals surface area contributed by atoms with Gasteiger partial charge in [-0.15, -0.1) is 0 Å². The molecule has 1 aromatic carbocycles. The van der Waals surface area contributed by atoms with Crippen molar-refractivity contribution in [2.24, 2.45) is 11.5 Å². The van der Waals surface area contributed by atoms with E-state index in [2.05, 4.69) is 16.5 Å². The molecule has 0 atom stereocenters. The van der Waals surface area contributed by atoms with Gasteiger partial charge in [-0.25, -0.2) is 4.79 Å². The van der Waals surface area contributed by atoms with Crippen LogP contribution in [0.3, 0.4) is 0 Å². The highest BCUT2D eigenvalue weighted by atomic mass is 16.4. The van der Waals surface area contributed by atoms with Crippen molar-refractivity contribution in [2.75, 3.05) is 0 Å². The zero-order chi connectivity index (χ0) is 13.5. The fourth-order valence-corrected chi connectivity index (χ4v) is 1.58. The van der Waals surface area contributed by atoms with Gasteiger partial charge in [0.05, 0.1) is 0 Å². The lowest BCUT2D eigenvalue weighted by Gasteiger charge is -1.95. The molecular weight excluding hydrogens is 234 g/mol. The summed E-state index contributed by atoms with van der Waals surface area (Å²) in [5.41, 5.74) is 10.6. The highest BCUT2D eigenvalue weighted by Gasteiger charge is 2.04. The fourth-order valence-electron chi connectivity index (χ4n) is 1.58. The predicted octanol–water partition coefficient (Wildman–Crippen LogP) is 1.21.